The van der Waals surface area contributed by atoms with E-state index in [1.165, 1.54) is 25.7 Å². The van der Waals surface area contributed by atoms with Gasteiger partial charge in [0.05, 0.1) is 6.10 Å². The van der Waals surface area contributed by atoms with Crippen LogP contribution in [0.2, 0.25) is 0 Å². The van der Waals surface area contributed by atoms with E-state index in [0.717, 1.165) is 11.3 Å². The third-order valence-corrected chi connectivity index (χ3v) is 3.01. The number of nitrogens with two attached hydrogens (primary N) is 1. The molecule has 0 aliphatic heterocycles. The Labute approximate surface area is 91.4 Å². The van der Waals surface area contributed by atoms with Gasteiger partial charge in [0.1, 0.15) is 5.75 Å². The SMILES string of the molecule is CC(N)c1ccc(OC2CCCC2)cc1. The minimum atomic E-state index is 0.102. The molecule has 0 aromatic heterocycles. The van der Waals surface area contributed by atoms with Crippen LogP contribution in [0.3, 0.4) is 0 Å². The maximum atomic E-state index is 5.87. The predicted octanol–water partition coefficient (Wildman–Crippen LogP) is 3.03. The molecule has 0 bridgehead atoms. The molecule has 1 unspecified atom stereocenters. The van der Waals surface area contributed by atoms with Crippen molar-refractivity contribution in [3.05, 3.63) is 29.8 Å². The topological polar surface area (TPSA) is 35.2 Å². The molecule has 1 fully saturated rings. The first-order valence-electron chi connectivity index (χ1n) is 5.78. The van der Waals surface area contributed by atoms with Gasteiger partial charge in [0.25, 0.3) is 0 Å². The van der Waals surface area contributed by atoms with E-state index in [0.29, 0.717) is 6.10 Å². The smallest absolute Gasteiger partial charge is 0.119 e. The van der Waals surface area contributed by atoms with Gasteiger partial charge in [0.2, 0.25) is 0 Å². The van der Waals surface area contributed by atoms with Crippen molar-refractivity contribution in [2.45, 2.75) is 44.8 Å². The summed E-state index contributed by atoms with van der Waals surface area (Å²) in [4.78, 5) is 0. The van der Waals surface area contributed by atoms with Gasteiger partial charge in [0.15, 0.2) is 0 Å². The molecule has 2 heteroatoms. The van der Waals surface area contributed by atoms with Crippen LogP contribution >= 0.6 is 0 Å². The zero-order valence-corrected chi connectivity index (χ0v) is 9.28. The molecule has 15 heavy (non-hydrogen) atoms. The van der Waals surface area contributed by atoms with E-state index in [2.05, 4.69) is 12.1 Å². The Balaban J connectivity index is 1.97. The second-order valence-corrected chi connectivity index (χ2v) is 4.38. The number of hydrogen-bond acceptors (Lipinski definition) is 2. The molecule has 0 radical (unpaired) electrons. The van der Waals surface area contributed by atoms with Crippen molar-refractivity contribution in [3.8, 4) is 5.75 Å². The maximum Gasteiger partial charge on any atom is 0.119 e. The van der Waals surface area contributed by atoms with Crippen LogP contribution in [-0.4, -0.2) is 6.10 Å². The quantitative estimate of drug-likeness (QED) is 0.823. The van der Waals surface area contributed by atoms with E-state index in [9.17, 15) is 0 Å². The van der Waals surface area contributed by atoms with Crippen molar-refractivity contribution < 1.29 is 4.74 Å². The Kier molecular flexibility index (Phi) is 3.27. The van der Waals surface area contributed by atoms with Crippen LogP contribution in [0, 0.1) is 0 Å². The molecule has 1 aromatic carbocycles. The van der Waals surface area contributed by atoms with Gasteiger partial charge in [-0.2, -0.15) is 0 Å². The molecular formula is C13H19NO. The lowest BCUT2D eigenvalue weighted by Crippen LogP contribution is -2.11. The van der Waals surface area contributed by atoms with Crippen LogP contribution in [-0.2, 0) is 0 Å². The molecule has 1 aliphatic rings. The van der Waals surface area contributed by atoms with Gasteiger partial charge >= 0.3 is 0 Å². The summed E-state index contributed by atoms with van der Waals surface area (Å²) < 4.78 is 5.87. The third kappa shape index (κ3) is 2.72. The minimum Gasteiger partial charge on any atom is -0.490 e. The van der Waals surface area contributed by atoms with Gasteiger partial charge in [-0.1, -0.05) is 12.1 Å². The molecule has 1 aliphatic carbocycles. The first-order valence-corrected chi connectivity index (χ1v) is 5.78. The predicted molar refractivity (Wildman–Crippen MR) is 61.9 cm³/mol. The van der Waals surface area contributed by atoms with E-state index in [1.807, 2.05) is 19.1 Å². The van der Waals surface area contributed by atoms with Crippen LogP contribution < -0.4 is 10.5 Å². The fourth-order valence-corrected chi connectivity index (χ4v) is 2.05. The first-order chi connectivity index (χ1) is 7.25. The zero-order chi connectivity index (χ0) is 10.7. The Hall–Kier alpha value is -1.02. The number of hydrogen-bond donors (Lipinski definition) is 1. The van der Waals surface area contributed by atoms with Gasteiger partial charge in [-0.15, -0.1) is 0 Å². The largest absolute Gasteiger partial charge is 0.490 e. The van der Waals surface area contributed by atoms with Crippen molar-refractivity contribution in [2.24, 2.45) is 5.73 Å². The Bertz CT molecular complexity index is 299. The van der Waals surface area contributed by atoms with Crippen LogP contribution in [0.1, 0.15) is 44.2 Å². The van der Waals surface area contributed by atoms with Gasteiger partial charge in [-0.05, 0) is 50.3 Å². The Morgan fingerprint density at radius 1 is 1.20 bits per heavy atom. The summed E-state index contributed by atoms with van der Waals surface area (Å²) in [6.45, 7) is 1.99. The van der Waals surface area contributed by atoms with Gasteiger partial charge in [-0.25, -0.2) is 0 Å². The molecule has 0 spiro atoms. The van der Waals surface area contributed by atoms with Gasteiger partial charge in [0, 0.05) is 6.04 Å². The lowest BCUT2D eigenvalue weighted by molar-refractivity contribution is 0.210. The lowest BCUT2D eigenvalue weighted by atomic mass is 10.1. The van der Waals surface area contributed by atoms with E-state index in [1.54, 1.807) is 0 Å². The molecule has 2 N–H and O–H groups in total. The normalized spacial score (nSPS) is 19.1. The van der Waals surface area contributed by atoms with E-state index in [4.69, 9.17) is 10.5 Å². The standard InChI is InChI=1S/C13H19NO/c1-10(14)11-6-8-13(9-7-11)15-12-4-2-3-5-12/h6-10,12H,2-5,14H2,1H3. The van der Waals surface area contributed by atoms with Gasteiger partial charge < -0.3 is 10.5 Å². The van der Waals surface area contributed by atoms with E-state index in [-0.39, 0.29) is 6.04 Å². The van der Waals surface area contributed by atoms with Crippen molar-refractivity contribution in [3.63, 3.8) is 0 Å². The summed E-state index contributed by atoms with van der Waals surface area (Å²) >= 11 is 0. The minimum absolute atomic E-state index is 0.102. The second-order valence-electron chi connectivity index (χ2n) is 4.38. The summed E-state index contributed by atoms with van der Waals surface area (Å²) in [7, 11) is 0. The fraction of sp³-hybridized carbons (Fsp3) is 0.538. The summed E-state index contributed by atoms with van der Waals surface area (Å²) in [5.41, 5.74) is 6.95. The van der Waals surface area contributed by atoms with E-state index < -0.39 is 0 Å². The molecule has 2 nitrogen and oxygen atoms in total. The average Bonchev–Trinajstić information content (AvgIpc) is 2.71. The van der Waals surface area contributed by atoms with Crippen LogP contribution in [0.5, 0.6) is 5.75 Å². The molecular weight excluding hydrogens is 186 g/mol. The van der Waals surface area contributed by atoms with Crippen molar-refractivity contribution >= 4 is 0 Å². The average molecular weight is 205 g/mol. The monoisotopic (exact) mass is 205 g/mol. The van der Waals surface area contributed by atoms with Crippen molar-refractivity contribution in [2.75, 3.05) is 0 Å². The van der Waals surface area contributed by atoms with Crippen LogP contribution in [0.15, 0.2) is 24.3 Å². The molecule has 2 rings (SSSR count). The number of ether oxygens (including phenoxy) is 1. The van der Waals surface area contributed by atoms with Crippen molar-refractivity contribution in [1.29, 1.82) is 0 Å². The molecule has 1 saturated carbocycles. The number of benzene rings is 1. The van der Waals surface area contributed by atoms with Crippen LogP contribution in [0.4, 0.5) is 0 Å². The number of rotatable bonds is 3. The summed E-state index contributed by atoms with van der Waals surface area (Å²) in [6, 6.07) is 8.25. The first kappa shape index (κ1) is 10.5. The third-order valence-electron chi connectivity index (χ3n) is 3.01. The summed E-state index contributed by atoms with van der Waals surface area (Å²) in [5.74, 6) is 0.978. The highest BCUT2D eigenvalue weighted by molar-refractivity contribution is 5.28. The molecule has 1 aromatic rings. The zero-order valence-electron chi connectivity index (χ0n) is 9.28. The molecule has 0 amide bonds. The Morgan fingerprint density at radius 3 is 2.33 bits per heavy atom. The summed E-state index contributed by atoms with van der Waals surface area (Å²) in [5, 5.41) is 0. The Morgan fingerprint density at radius 2 is 1.80 bits per heavy atom. The highest BCUT2D eigenvalue weighted by Gasteiger charge is 2.16. The summed E-state index contributed by atoms with van der Waals surface area (Å²) in [6.07, 6.45) is 5.46. The molecule has 1 atom stereocenters. The van der Waals surface area contributed by atoms with E-state index >= 15 is 0 Å². The second kappa shape index (κ2) is 4.67. The molecule has 82 valence electrons. The maximum absolute atomic E-state index is 5.87. The highest BCUT2D eigenvalue weighted by atomic mass is 16.5. The molecule has 0 heterocycles. The highest BCUT2D eigenvalue weighted by Crippen LogP contribution is 2.24. The molecule has 0 saturated heterocycles. The van der Waals surface area contributed by atoms with Crippen LogP contribution in [0.25, 0.3) is 0 Å². The van der Waals surface area contributed by atoms with Crippen molar-refractivity contribution in [1.82, 2.24) is 0 Å². The fourth-order valence-electron chi connectivity index (χ4n) is 2.05. The lowest BCUT2D eigenvalue weighted by Gasteiger charge is -2.13. The van der Waals surface area contributed by atoms with Gasteiger partial charge in [-0.3, -0.25) is 0 Å².